The summed E-state index contributed by atoms with van der Waals surface area (Å²) < 4.78 is 0. The van der Waals surface area contributed by atoms with Crippen molar-refractivity contribution < 1.29 is 0 Å². The molecule has 84 valence electrons. The van der Waals surface area contributed by atoms with Gasteiger partial charge in [0, 0.05) is 23.5 Å². The Morgan fingerprint density at radius 2 is 2.44 bits per heavy atom. The van der Waals surface area contributed by atoms with Crippen molar-refractivity contribution in [3.05, 3.63) is 30.1 Å². The quantitative estimate of drug-likeness (QED) is 0.602. The van der Waals surface area contributed by atoms with Crippen LogP contribution in [0.4, 0.5) is 0 Å². The van der Waals surface area contributed by atoms with Gasteiger partial charge in [-0.15, -0.1) is 0 Å². The fraction of sp³-hybridized carbons (Fsp3) is 0.364. The summed E-state index contributed by atoms with van der Waals surface area (Å²) in [6.07, 6.45) is 5.02. The molecule has 5 heteroatoms. The lowest BCUT2D eigenvalue weighted by Gasteiger charge is -2.10. The van der Waals surface area contributed by atoms with Gasteiger partial charge >= 0.3 is 0 Å². The topological polar surface area (TPSA) is 63.3 Å². The Labute approximate surface area is 99.9 Å². The maximum Gasteiger partial charge on any atom is 0.184 e. The van der Waals surface area contributed by atoms with E-state index in [1.54, 1.807) is 0 Å². The number of nitrogens with zero attached hydrogens (tertiary/aromatic N) is 2. The van der Waals surface area contributed by atoms with Gasteiger partial charge < -0.3 is 5.73 Å². The molecule has 0 saturated heterocycles. The number of nitrogens with two attached hydrogens (primary N) is 1. The minimum Gasteiger partial charge on any atom is -0.375 e. The van der Waals surface area contributed by atoms with E-state index in [0.29, 0.717) is 5.92 Å². The van der Waals surface area contributed by atoms with Crippen LogP contribution in [0.15, 0.2) is 29.5 Å². The normalized spacial score (nSPS) is 22.2. The van der Waals surface area contributed by atoms with Crippen molar-refractivity contribution in [1.29, 1.82) is 0 Å². The summed E-state index contributed by atoms with van der Waals surface area (Å²) in [6.45, 7) is 0. The monoisotopic (exact) mass is 234 g/mol. The number of rotatable bonds is 2. The fourth-order valence-corrected chi connectivity index (χ4v) is 2.04. The number of aromatic nitrogens is 1. The lowest BCUT2D eigenvalue weighted by Crippen LogP contribution is -2.26. The molecule has 3 N–H and O–H groups in total. The molecule has 0 aromatic carbocycles. The molecule has 1 heterocycles. The maximum atomic E-state index is 5.35. The van der Waals surface area contributed by atoms with E-state index in [1.807, 2.05) is 24.4 Å². The Morgan fingerprint density at radius 1 is 1.56 bits per heavy atom. The third-order valence-corrected chi connectivity index (χ3v) is 2.77. The lowest BCUT2D eigenvalue weighted by atomic mass is 10.0. The average molecular weight is 234 g/mol. The fourth-order valence-electron chi connectivity index (χ4n) is 1.99. The van der Waals surface area contributed by atoms with E-state index < -0.39 is 0 Å². The maximum absolute atomic E-state index is 5.35. The summed E-state index contributed by atoms with van der Waals surface area (Å²) in [5, 5.41) is 4.45. The molecule has 0 radical (unpaired) electrons. The molecule has 1 aliphatic rings. The standard InChI is InChI=1S/C11H14N4S/c12-11(16)15-14-10-6-3-4-8(10)9-5-1-2-7-13-9/h1-2,5,7-8H,3-4,6H2,(H3,12,15,16). The molecule has 0 aliphatic heterocycles. The first-order chi connectivity index (χ1) is 7.77. The van der Waals surface area contributed by atoms with Crippen molar-refractivity contribution in [3.8, 4) is 0 Å². The summed E-state index contributed by atoms with van der Waals surface area (Å²) in [4.78, 5) is 4.37. The van der Waals surface area contributed by atoms with Crippen LogP contribution in [0.2, 0.25) is 0 Å². The zero-order chi connectivity index (χ0) is 11.4. The highest BCUT2D eigenvalue weighted by molar-refractivity contribution is 7.80. The minimum atomic E-state index is 0.208. The van der Waals surface area contributed by atoms with Crippen LogP contribution in [-0.4, -0.2) is 15.8 Å². The van der Waals surface area contributed by atoms with Gasteiger partial charge in [0.15, 0.2) is 5.11 Å². The summed E-state index contributed by atoms with van der Waals surface area (Å²) in [6, 6.07) is 5.95. The molecule has 2 rings (SSSR count). The Balaban J connectivity index is 2.15. The van der Waals surface area contributed by atoms with E-state index in [9.17, 15) is 0 Å². The highest BCUT2D eigenvalue weighted by Gasteiger charge is 2.25. The molecule has 1 aliphatic carbocycles. The van der Waals surface area contributed by atoms with E-state index in [2.05, 4.69) is 15.5 Å². The number of nitrogens with one attached hydrogen (secondary N) is 1. The molecule has 1 unspecified atom stereocenters. The molecule has 1 saturated carbocycles. The van der Waals surface area contributed by atoms with Crippen LogP contribution >= 0.6 is 12.2 Å². The first-order valence-corrected chi connectivity index (χ1v) is 5.71. The first-order valence-electron chi connectivity index (χ1n) is 5.30. The minimum absolute atomic E-state index is 0.208. The van der Waals surface area contributed by atoms with Crippen LogP contribution in [0.3, 0.4) is 0 Å². The largest absolute Gasteiger partial charge is 0.375 e. The molecule has 16 heavy (non-hydrogen) atoms. The zero-order valence-corrected chi connectivity index (χ0v) is 9.70. The average Bonchev–Trinajstić information content (AvgIpc) is 2.75. The molecule has 4 nitrogen and oxygen atoms in total. The number of thiocarbonyl (C=S) groups is 1. The Morgan fingerprint density at radius 3 is 3.12 bits per heavy atom. The van der Waals surface area contributed by atoms with Crippen LogP contribution in [0.25, 0.3) is 0 Å². The molecular formula is C11H14N4S. The number of hydrogen-bond acceptors (Lipinski definition) is 3. The van der Waals surface area contributed by atoms with Gasteiger partial charge in [0.25, 0.3) is 0 Å². The lowest BCUT2D eigenvalue weighted by molar-refractivity contribution is 0.783. The SMILES string of the molecule is NC(=S)NN=C1CCCC1c1ccccn1. The van der Waals surface area contributed by atoms with Crippen LogP contribution in [0.1, 0.15) is 30.9 Å². The first kappa shape index (κ1) is 11.0. The summed E-state index contributed by atoms with van der Waals surface area (Å²) in [5.41, 5.74) is 10.2. The van der Waals surface area contributed by atoms with Gasteiger partial charge in [0.05, 0.1) is 0 Å². The summed E-state index contributed by atoms with van der Waals surface area (Å²) >= 11 is 4.73. The van der Waals surface area contributed by atoms with Gasteiger partial charge in [-0.1, -0.05) is 6.07 Å². The van der Waals surface area contributed by atoms with Crippen LogP contribution < -0.4 is 11.2 Å². The summed E-state index contributed by atoms with van der Waals surface area (Å²) in [7, 11) is 0. The molecule has 1 aromatic rings. The van der Waals surface area contributed by atoms with E-state index in [1.165, 1.54) is 0 Å². The van der Waals surface area contributed by atoms with Crippen molar-refractivity contribution in [2.24, 2.45) is 10.8 Å². The van der Waals surface area contributed by atoms with Crippen molar-refractivity contribution in [2.75, 3.05) is 0 Å². The van der Waals surface area contributed by atoms with Gasteiger partial charge in [-0.2, -0.15) is 5.10 Å². The van der Waals surface area contributed by atoms with E-state index in [0.717, 1.165) is 30.7 Å². The van der Waals surface area contributed by atoms with E-state index >= 15 is 0 Å². The smallest absolute Gasteiger partial charge is 0.184 e. The highest BCUT2D eigenvalue weighted by atomic mass is 32.1. The van der Waals surface area contributed by atoms with E-state index in [-0.39, 0.29) is 5.11 Å². The molecule has 1 atom stereocenters. The van der Waals surface area contributed by atoms with Crippen molar-refractivity contribution in [2.45, 2.75) is 25.2 Å². The van der Waals surface area contributed by atoms with E-state index in [4.69, 9.17) is 18.0 Å². The number of hydrogen-bond donors (Lipinski definition) is 2. The second kappa shape index (κ2) is 5.03. The third kappa shape index (κ3) is 2.55. The van der Waals surface area contributed by atoms with Gasteiger partial charge in [-0.25, -0.2) is 0 Å². The number of hydrazone groups is 1. The second-order valence-electron chi connectivity index (χ2n) is 3.78. The Bertz CT molecular complexity index is 402. The van der Waals surface area contributed by atoms with Gasteiger partial charge in [0.1, 0.15) is 0 Å². The molecule has 0 bridgehead atoms. The van der Waals surface area contributed by atoms with Gasteiger partial charge in [0.2, 0.25) is 0 Å². The molecule has 0 spiro atoms. The highest BCUT2D eigenvalue weighted by Crippen LogP contribution is 2.30. The summed E-state index contributed by atoms with van der Waals surface area (Å²) in [5.74, 6) is 0.308. The number of pyridine rings is 1. The molecular weight excluding hydrogens is 220 g/mol. The van der Waals surface area contributed by atoms with Gasteiger partial charge in [-0.3, -0.25) is 10.4 Å². The van der Waals surface area contributed by atoms with Crippen molar-refractivity contribution in [3.63, 3.8) is 0 Å². The third-order valence-electron chi connectivity index (χ3n) is 2.68. The van der Waals surface area contributed by atoms with Crippen molar-refractivity contribution in [1.82, 2.24) is 10.4 Å². The van der Waals surface area contributed by atoms with Crippen LogP contribution in [0.5, 0.6) is 0 Å². The van der Waals surface area contributed by atoms with Gasteiger partial charge in [-0.05, 0) is 43.6 Å². The molecule has 1 aromatic heterocycles. The molecule has 1 fully saturated rings. The Kier molecular flexibility index (Phi) is 3.46. The molecule has 0 amide bonds. The van der Waals surface area contributed by atoms with Crippen LogP contribution in [-0.2, 0) is 0 Å². The van der Waals surface area contributed by atoms with Crippen LogP contribution in [0, 0.1) is 0 Å². The second-order valence-corrected chi connectivity index (χ2v) is 4.22. The van der Waals surface area contributed by atoms with Crippen molar-refractivity contribution >= 4 is 23.0 Å². The predicted octanol–water partition coefficient (Wildman–Crippen LogP) is 1.54. The Hall–Kier alpha value is -1.49. The predicted molar refractivity (Wildman–Crippen MR) is 68.2 cm³/mol. The zero-order valence-electron chi connectivity index (χ0n) is 8.89.